The van der Waals surface area contributed by atoms with Crippen LogP contribution in [0.25, 0.3) is 0 Å². The summed E-state index contributed by atoms with van der Waals surface area (Å²) in [5.41, 5.74) is 3.29. The molecule has 0 rings (SSSR count). The van der Waals surface area contributed by atoms with Crippen molar-refractivity contribution in [2.24, 2.45) is 5.92 Å². The summed E-state index contributed by atoms with van der Waals surface area (Å²) in [6, 6.07) is 0. The molecule has 2 nitrogen and oxygen atoms in total. The van der Waals surface area contributed by atoms with Gasteiger partial charge in [0.05, 0.1) is 6.10 Å². The molecule has 0 aliphatic heterocycles. The standard InChI is InChI=1S/C18H29O2P/c1-13(2)10-17(19)9-7-8-15(5)12-16(6)18(20-21)11-14(3)4/h7-8,10,12,16,18H,3,9,11,21H2,1-2,4-6H3/b8-7+,15-12+/t16-,18-/m1/s1. The maximum absolute atomic E-state index is 11.6. The first-order valence-corrected chi connectivity index (χ1v) is 7.76. The summed E-state index contributed by atoms with van der Waals surface area (Å²) in [6.07, 6.45) is 9.15. The van der Waals surface area contributed by atoms with Gasteiger partial charge < -0.3 is 4.52 Å². The van der Waals surface area contributed by atoms with Gasteiger partial charge in [-0.1, -0.05) is 41.9 Å². The summed E-state index contributed by atoms with van der Waals surface area (Å²) in [6.45, 7) is 14.0. The predicted octanol–water partition coefficient (Wildman–Crippen LogP) is 5.19. The number of carbonyl (C=O) groups excluding carboxylic acids is 1. The van der Waals surface area contributed by atoms with Crippen LogP contribution in [0.1, 0.15) is 47.5 Å². The molecule has 0 bridgehead atoms. The smallest absolute Gasteiger partial charge is 0.159 e. The lowest BCUT2D eigenvalue weighted by atomic mass is 9.96. The zero-order valence-corrected chi connectivity index (χ0v) is 15.1. The molecule has 118 valence electrons. The van der Waals surface area contributed by atoms with Gasteiger partial charge in [0.25, 0.3) is 0 Å². The van der Waals surface area contributed by atoms with Crippen molar-refractivity contribution in [3.05, 3.63) is 47.6 Å². The molecular weight excluding hydrogens is 279 g/mol. The zero-order chi connectivity index (χ0) is 16.4. The fourth-order valence-electron chi connectivity index (χ4n) is 2.02. The highest BCUT2D eigenvalue weighted by molar-refractivity contribution is 7.09. The van der Waals surface area contributed by atoms with Gasteiger partial charge in [0.2, 0.25) is 0 Å². The van der Waals surface area contributed by atoms with E-state index in [9.17, 15) is 4.79 Å². The van der Waals surface area contributed by atoms with E-state index < -0.39 is 0 Å². The summed E-state index contributed by atoms with van der Waals surface area (Å²) in [5, 5.41) is 0. The maximum atomic E-state index is 11.6. The lowest BCUT2D eigenvalue weighted by Gasteiger charge is -2.20. The quantitative estimate of drug-likeness (QED) is 0.253. The Bertz CT molecular complexity index is 440. The van der Waals surface area contributed by atoms with E-state index in [2.05, 4.69) is 29.0 Å². The highest BCUT2D eigenvalue weighted by atomic mass is 31.0. The zero-order valence-electron chi connectivity index (χ0n) is 14.0. The molecule has 0 aromatic rings. The molecule has 0 aliphatic carbocycles. The molecule has 0 radical (unpaired) electrons. The van der Waals surface area contributed by atoms with E-state index in [0.717, 1.165) is 23.1 Å². The molecule has 3 heteroatoms. The number of allylic oxidation sites excluding steroid dienone is 5. The summed E-state index contributed by atoms with van der Waals surface area (Å²) in [7, 11) is 2.34. The Hall–Kier alpha value is -0.980. The summed E-state index contributed by atoms with van der Waals surface area (Å²) in [4.78, 5) is 11.6. The Balaban J connectivity index is 4.55. The molecule has 0 aromatic heterocycles. The topological polar surface area (TPSA) is 26.3 Å². The SMILES string of the molecule is C=C(C)C[C@@H](OP)[C@H](C)/C=C(C)/C=C/CC(=O)C=C(C)C. The Morgan fingerprint density at radius 2 is 1.90 bits per heavy atom. The average Bonchev–Trinajstić information content (AvgIpc) is 2.34. The van der Waals surface area contributed by atoms with Gasteiger partial charge in [-0.25, -0.2) is 0 Å². The molecule has 21 heavy (non-hydrogen) atoms. The molecule has 0 saturated carbocycles. The van der Waals surface area contributed by atoms with Crippen LogP contribution < -0.4 is 0 Å². The third-order valence-corrected chi connectivity index (χ3v) is 3.34. The van der Waals surface area contributed by atoms with Crippen molar-refractivity contribution in [3.63, 3.8) is 0 Å². The molecule has 0 spiro atoms. The minimum Gasteiger partial charge on any atom is -0.362 e. The van der Waals surface area contributed by atoms with Crippen LogP contribution in [0.15, 0.2) is 47.6 Å². The van der Waals surface area contributed by atoms with E-state index in [0.29, 0.717) is 6.42 Å². The summed E-state index contributed by atoms with van der Waals surface area (Å²) >= 11 is 0. The lowest BCUT2D eigenvalue weighted by molar-refractivity contribution is -0.113. The number of ketones is 1. The average molecular weight is 308 g/mol. The van der Waals surface area contributed by atoms with Gasteiger partial charge in [0, 0.05) is 21.8 Å². The third kappa shape index (κ3) is 10.4. The van der Waals surface area contributed by atoms with E-state index in [1.165, 1.54) is 0 Å². The van der Waals surface area contributed by atoms with Crippen molar-refractivity contribution < 1.29 is 9.32 Å². The second-order valence-electron chi connectivity index (χ2n) is 5.90. The van der Waals surface area contributed by atoms with Crippen LogP contribution in [0, 0.1) is 5.92 Å². The number of carbonyl (C=O) groups is 1. The van der Waals surface area contributed by atoms with Gasteiger partial charge in [0.1, 0.15) is 0 Å². The minimum absolute atomic E-state index is 0.114. The number of rotatable bonds is 9. The van der Waals surface area contributed by atoms with Crippen LogP contribution in [0.4, 0.5) is 0 Å². The predicted molar refractivity (Wildman–Crippen MR) is 95.1 cm³/mol. The molecule has 0 amide bonds. The fraction of sp³-hybridized carbons (Fsp3) is 0.500. The van der Waals surface area contributed by atoms with E-state index in [-0.39, 0.29) is 17.8 Å². The molecule has 0 fully saturated rings. The van der Waals surface area contributed by atoms with Crippen molar-refractivity contribution in [1.29, 1.82) is 0 Å². The molecule has 0 aromatic carbocycles. The first-order valence-electron chi connectivity index (χ1n) is 7.28. The lowest BCUT2D eigenvalue weighted by Crippen LogP contribution is -2.17. The normalized spacial score (nSPS) is 14.9. The second-order valence-corrected chi connectivity index (χ2v) is 6.17. The number of hydrogen-bond acceptors (Lipinski definition) is 2. The van der Waals surface area contributed by atoms with Gasteiger partial charge in [-0.15, -0.1) is 6.58 Å². The Labute approximate surface area is 132 Å². The van der Waals surface area contributed by atoms with Crippen molar-refractivity contribution in [3.8, 4) is 0 Å². The summed E-state index contributed by atoms with van der Waals surface area (Å²) in [5.74, 6) is 0.429. The van der Waals surface area contributed by atoms with Crippen molar-refractivity contribution in [1.82, 2.24) is 0 Å². The number of hydrogen-bond donors (Lipinski definition) is 0. The van der Waals surface area contributed by atoms with Crippen LogP contribution in [0.3, 0.4) is 0 Å². The van der Waals surface area contributed by atoms with Crippen LogP contribution in [-0.2, 0) is 9.32 Å². The second kappa shape index (κ2) is 10.7. The first-order chi connectivity index (χ1) is 9.76. The van der Waals surface area contributed by atoms with Crippen LogP contribution in [0.2, 0.25) is 0 Å². The molecule has 0 aliphatic rings. The van der Waals surface area contributed by atoms with Gasteiger partial charge in [-0.2, -0.15) is 0 Å². The molecule has 1 unspecified atom stereocenters. The van der Waals surface area contributed by atoms with Crippen molar-refractivity contribution in [2.75, 3.05) is 0 Å². The van der Waals surface area contributed by atoms with E-state index in [4.69, 9.17) is 4.52 Å². The van der Waals surface area contributed by atoms with Gasteiger partial charge in [-0.3, -0.25) is 4.79 Å². The molecule has 3 atom stereocenters. The van der Waals surface area contributed by atoms with E-state index >= 15 is 0 Å². The maximum Gasteiger partial charge on any atom is 0.159 e. The van der Waals surface area contributed by atoms with Gasteiger partial charge in [-0.05, 0) is 40.2 Å². The van der Waals surface area contributed by atoms with E-state index in [1.807, 2.05) is 39.8 Å². The Morgan fingerprint density at radius 3 is 2.38 bits per heavy atom. The summed E-state index contributed by atoms with van der Waals surface area (Å²) < 4.78 is 5.44. The van der Waals surface area contributed by atoms with Crippen LogP contribution >= 0.6 is 9.47 Å². The fourth-order valence-corrected chi connectivity index (χ4v) is 2.36. The molecule has 0 N–H and O–H groups in total. The Kier molecular flexibility index (Phi) is 10.2. The monoisotopic (exact) mass is 308 g/mol. The van der Waals surface area contributed by atoms with E-state index in [1.54, 1.807) is 6.08 Å². The first kappa shape index (κ1) is 20.0. The highest BCUT2D eigenvalue weighted by Gasteiger charge is 2.14. The Morgan fingerprint density at radius 1 is 1.29 bits per heavy atom. The van der Waals surface area contributed by atoms with Gasteiger partial charge in [0.15, 0.2) is 5.78 Å². The van der Waals surface area contributed by atoms with Crippen molar-refractivity contribution >= 4 is 15.2 Å². The van der Waals surface area contributed by atoms with Crippen molar-refractivity contribution in [2.45, 2.75) is 53.6 Å². The molecular formula is C18H29O2P. The highest BCUT2D eigenvalue weighted by Crippen LogP contribution is 2.20. The largest absolute Gasteiger partial charge is 0.362 e. The minimum atomic E-state index is 0.114. The van der Waals surface area contributed by atoms with Crippen LogP contribution in [0.5, 0.6) is 0 Å². The molecule has 0 saturated heterocycles. The third-order valence-electron chi connectivity index (χ3n) is 2.99. The van der Waals surface area contributed by atoms with Gasteiger partial charge >= 0.3 is 0 Å². The molecule has 0 heterocycles. The van der Waals surface area contributed by atoms with Crippen LogP contribution in [-0.4, -0.2) is 11.9 Å².